The number of benzene rings is 1. The lowest BCUT2D eigenvalue weighted by molar-refractivity contribution is -0.116. The normalized spacial score (nSPS) is 16.2. The van der Waals surface area contributed by atoms with Gasteiger partial charge in [-0.05, 0) is 37.5 Å². The molecule has 0 unspecified atom stereocenters. The number of amides is 2. The molecule has 4 nitrogen and oxygen atoms in total. The van der Waals surface area contributed by atoms with Crippen molar-refractivity contribution in [2.75, 3.05) is 5.32 Å². The van der Waals surface area contributed by atoms with Gasteiger partial charge < -0.3 is 10.6 Å². The number of nitrogens with one attached hydrogen (secondary N) is 2. The van der Waals surface area contributed by atoms with Gasteiger partial charge in [-0.15, -0.1) is 0 Å². The molecule has 1 saturated carbocycles. The molecule has 1 aliphatic rings. The Kier molecular flexibility index (Phi) is 7.11. The van der Waals surface area contributed by atoms with Crippen molar-refractivity contribution >= 4 is 17.5 Å². The summed E-state index contributed by atoms with van der Waals surface area (Å²) >= 11 is 0. The van der Waals surface area contributed by atoms with Crippen LogP contribution in [0, 0.1) is 0 Å². The van der Waals surface area contributed by atoms with E-state index in [0.29, 0.717) is 17.7 Å². The lowest BCUT2D eigenvalue weighted by atomic mass is 9.96. The van der Waals surface area contributed by atoms with Crippen molar-refractivity contribution in [1.29, 1.82) is 0 Å². The van der Waals surface area contributed by atoms with Crippen LogP contribution in [-0.2, 0) is 4.79 Å². The highest BCUT2D eigenvalue weighted by atomic mass is 16.2. The number of carbonyl (C=O) groups excluding carboxylic acids is 2. The molecule has 0 atom stereocenters. The van der Waals surface area contributed by atoms with Gasteiger partial charge in [-0.3, -0.25) is 9.59 Å². The van der Waals surface area contributed by atoms with Crippen LogP contribution in [0.2, 0.25) is 0 Å². The molecule has 2 rings (SSSR count). The zero-order chi connectivity index (χ0) is 16.5. The Morgan fingerprint density at radius 2 is 1.78 bits per heavy atom. The molecule has 0 saturated heterocycles. The fourth-order valence-electron chi connectivity index (χ4n) is 3.06. The highest BCUT2D eigenvalue weighted by Gasteiger charge is 2.15. The summed E-state index contributed by atoms with van der Waals surface area (Å²) in [5, 5.41) is 6.00. The summed E-state index contributed by atoms with van der Waals surface area (Å²) in [6.45, 7) is 1.97. The van der Waals surface area contributed by atoms with Crippen molar-refractivity contribution in [1.82, 2.24) is 5.32 Å². The summed E-state index contributed by atoms with van der Waals surface area (Å²) in [5.74, 6) is -0.0489. The molecule has 0 aromatic heterocycles. The average Bonchev–Trinajstić information content (AvgIpc) is 2.50. The molecule has 2 amide bonds. The molecule has 0 heterocycles. The number of carbonyl (C=O) groups is 2. The molecule has 0 spiro atoms. The predicted molar refractivity (Wildman–Crippen MR) is 93.6 cm³/mol. The van der Waals surface area contributed by atoms with Gasteiger partial charge >= 0.3 is 0 Å². The van der Waals surface area contributed by atoms with E-state index in [4.69, 9.17) is 0 Å². The van der Waals surface area contributed by atoms with Crippen LogP contribution in [0.15, 0.2) is 24.3 Å². The Morgan fingerprint density at radius 3 is 2.48 bits per heavy atom. The smallest absolute Gasteiger partial charge is 0.251 e. The summed E-state index contributed by atoms with van der Waals surface area (Å²) in [7, 11) is 0. The van der Waals surface area contributed by atoms with Gasteiger partial charge in [0.1, 0.15) is 0 Å². The Hall–Kier alpha value is -1.84. The van der Waals surface area contributed by atoms with Crippen molar-refractivity contribution in [3.63, 3.8) is 0 Å². The summed E-state index contributed by atoms with van der Waals surface area (Å²) in [4.78, 5) is 24.1. The van der Waals surface area contributed by atoms with Crippen molar-refractivity contribution in [2.45, 2.75) is 70.8 Å². The maximum Gasteiger partial charge on any atom is 0.251 e. The first-order chi connectivity index (χ1) is 11.2. The third-order valence-corrected chi connectivity index (χ3v) is 4.33. The van der Waals surface area contributed by atoms with E-state index < -0.39 is 0 Å². The van der Waals surface area contributed by atoms with Gasteiger partial charge in [-0.2, -0.15) is 0 Å². The van der Waals surface area contributed by atoms with Gasteiger partial charge in [-0.25, -0.2) is 0 Å². The van der Waals surface area contributed by atoms with E-state index in [1.165, 1.54) is 32.1 Å². The molecule has 1 aliphatic carbocycles. The first-order valence-electron chi connectivity index (χ1n) is 8.90. The number of anilines is 1. The van der Waals surface area contributed by atoms with E-state index >= 15 is 0 Å². The summed E-state index contributed by atoms with van der Waals surface area (Å²) in [5.41, 5.74) is 1.30. The van der Waals surface area contributed by atoms with Gasteiger partial charge in [0.25, 0.3) is 5.91 Å². The van der Waals surface area contributed by atoms with Crippen molar-refractivity contribution in [3.8, 4) is 0 Å². The van der Waals surface area contributed by atoms with E-state index in [0.717, 1.165) is 19.3 Å². The molecule has 1 aromatic rings. The van der Waals surface area contributed by atoms with Crippen molar-refractivity contribution in [3.05, 3.63) is 29.8 Å². The largest absolute Gasteiger partial charge is 0.349 e. The van der Waals surface area contributed by atoms with Crippen molar-refractivity contribution < 1.29 is 9.59 Å². The topological polar surface area (TPSA) is 58.2 Å². The summed E-state index contributed by atoms with van der Waals surface area (Å²) in [6, 6.07) is 7.47. The second-order valence-corrected chi connectivity index (χ2v) is 6.39. The minimum absolute atomic E-state index is 0.00919. The summed E-state index contributed by atoms with van der Waals surface area (Å²) < 4.78 is 0. The molecule has 126 valence electrons. The molecule has 23 heavy (non-hydrogen) atoms. The fourth-order valence-corrected chi connectivity index (χ4v) is 3.06. The molecule has 0 radical (unpaired) electrons. The number of hydrogen-bond donors (Lipinski definition) is 2. The Labute approximate surface area is 139 Å². The standard InChI is InChI=1S/C19H28N2O2/c1-2-9-18(22)20-17-13-8-10-15(14-17)19(23)21-16-11-6-4-3-5-7-12-16/h8,10,13-14,16H,2-7,9,11-12H2,1H3,(H,20,22)(H,21,23). The summed E-state index contributed by atoms with van der Waals surface area (Å²) in [6.07, 6.45) is 9.69. The quantitative estimate of drug-likeness (QED) is 0.852. The van der Waals surface area contributed by atoms with Gasteiger partial charge in [0.15, 0.2) is 0 Å². The van der Waals surface area contributed by atoms with E-state index in [-0.39, 0.29) is 17.9 Å². The van der Waals surface area contributed by atoms with Gasteiger partial charge in [0.2, 0.25) is 5.91 Å². The predicted octanol–water partition coefficient (Wildman–Crippen LogP) is 4.27. The molecular formula is C19H28N2O2. The second-order valence-electron chi connectivity index (χ2n) is 6.39. The Morgan fingerprint density at radius 1 is 1.09 bits per heavy atom. The maximum absolute atomic E-state index is 12.5. The van der Waals surface area contributed by atoms with Gasteiger partial charge in [0, 0.05) is 23.7 Å². The molecule has 0 aliphatic heterocycles. The maximum atomic E-state index is 12.5. The third kappa shape index (κ3) is 6.05. The van der Waals surface area contributed by atoms with Crippen LogP contribution >= 0.6 is 0 Å². The van der Waals surface area contributed by atoms with E-state index in [1.807, 2.05) is 19.1 Å². The van der Waals surface area contributed by atoms with Crippen LogP contribution < -0.4 is 10.6 Å². The molecule has 1 aromatic carbocycles. The van der Waals surface area contributed by atoms with Crippen LogP contribution in [0.25, 0.3) is 0 Å². The van der Waals surface area contributed by atoms with Gasteiger partial charge in [0.05, 0.1) is 0 Å². The zero-order valence-corrected chi connectivity index (χ0v) is 14.1. The molecule has 4 heteroatoms. The molecule has 0 bridgehead atoms. The van der Waals surface area contributed by atoms with Gasteiger partial charge in [-0.1, -0.05) is 45.1 Å². The van der Waals surface area contributed by atoms with Crippen LogP contribution in [0.5, 0.6) is 0 Å². The molecule has 1 fully saturated rings. The lowest BCUT2D eigenvalue weighted by Gasteiger charge is -2.21. The van der Waals surface area contributed by atoms with E-state index in [9.17, 15) is 9.59 Å². The number of rotatable bonds is 5. The van der Waals surface area contributed by atoms with Crippen LogP contribution in [0.4, 0.5) is 5.69 Å². The minimum Gasteiger partial charge on any atom is -0.349 e. The zero-order valence-electron chi connectivity index (χ0n) is 14.1. The van der Waals surface area contributed by atoms with E-state index in [1.54, 1.807) is 12.1 Å². The minimum atomic E-state index is -0.0397. The lowest BCUT2D eigenvalue weighted by Crippen LogP contribution is -2.35. The Bertz CT molecular complexity index is 520. The fraction of sp³-hybridized carbons (Fsp3) is 0.579. The van der Waals surface area contributed by atoms with Crippen LogP contribution in [0.3, 0.4) is 0 Å². The third-order valence-electron chi connectivity index (χ3n) is 4.33. The second kappa shape index (κ2) is 9.33. The molecular weight excluding hydrogens is 288 g/mol. The van der Waals surface area contributed by atoms with Crippen LogP contribution in [-0.4, -0.2) is 17.9 Å². The van der Waals surface area contributed by atoms with Crippen molar-refractivity contribution in [2.24, 2.45) is 0 Å². The van der Waals surface area contributed by atoms with Crippen LogP contribution in [0.1, 0.15) is 75.1 Å². The average molecular weight is 316 g/mol. The first kappa shape index (κ1) is 17.5. The highest BCUT2D eigenvalue weighted by Crippen LogP contribution is 2.18. The molecule has 2 N–H and O–H groups in total. The van der Waals surface area contributed by atoms with E-state index in [2.05, 4.69) is 10.6 Å². The SMILES string of the molecule is CCCC(=O)Nc1cccc(C(=O)NC2CCCCCCC2)c1. The highest BCUT2D eigenvalue weighted by molar-refractivity contribution is 5.97. The monoisotopic (exact) mass is 316 g/mol. The first-order valence-corrected chi connectivity index (χ1v) is 8.90. The Balaban J connectivity index is 1.94. The number of hydrogen-bond acceptors (Lipinski definition) is 2.